The first-order chi connectivity index (χ1) is 6.33. The molecule has 0 spiro atoms. The van der Waals surface area contributed by atoms with Gasteiger partial charge < -0.3 is 10.4 Å². The minimum absolute atomic E-state index is 0.326. The van der Waals surface area contributed by atoms with Gasteiger partial charge in [0.15, 0.2) is 0 Å². The smallest absolute Gasteiger partial charge is 0.0431 e. The van der Waals surface area contributed by atoms with E-state index in [0.717, 1.165) is 18.9 Å². The number of hydrogen-bond acceptors (Lipinski definition) is 3. The molecule has 0 radical (unpaired) electrons. The molecule has 78 valence electrons. The third-order valence-corrected chi connectivity index (χ3v) is 3.59. The van der Waals surface area contributed by atoms with Crippen LogP contribution >= 0.6 is 11.8 Å². The average molecular weight is 203 g/mol. The Morgan fingerprint density at radius 2 is 2.15 bits per heavy atom. The number of aliphatic hydroxyl groups excluding tert-OH is 1. The molecule has 13 heavy (non-hydrogen) atoms. The summed E-state index contributed by atoms with van der Waals surface area (Å²) in [7, 11) is 0. The van der Waals surface area contributed by atoms with Crippen LogP contribution in [-0.2, 0) is 0 Å². The van der Waals surface area contributed by atoms with E-state index in [2.05, 4.69) is 24.0 Å². The van der Waals surface area contributed by atoms with Crippen LogP contribution in [0.5, 0.6) is 0 Å². The number of hydrogen-bond donors (Lipinski definition) is 2. The largest absolute Gasteiger partial charge is 0.396 e. The molecule has 1 fully saturated rings. The van der Waals surface area contributed by atoms with Crippen molar-refractivity contribution in [3.63, 3.8) is 0 Å². The average Bonchev–Trinajstić information content (AvgIpc) is 2.16. The molecule has 0 aromatic carbocycles. The highest BCUT2D eigenvalue weighted by atomic mass is 32.2. The van der Waals surface area contributed by atoms with Gasteiger partial charge in [-0.3, -0.25) is 0 Å². The van der Waals surface area contributed by atoms with Crippen molar-refractivity contribution < 1.29 is 5.11 Å². The van der Waals surface area contributed by atoms with Gasteiger partial charge in [0.25, 0.3) is 0 Å². The summed E-state index contributed by atoms with van der Waals surface area (Å²) >= 11 is 2.06. The van der Waals surface area contributed by atoms with Gasteiger partial charge in [0.2, 0.25) is 0 Å². The Hall–Kier alpha value is 0.270. The minimum atomic E-state index is 0.326. The van der Waals surface area contributed by atoms with Crippen LogP contribution in [-0.4, -0.2) is 35.3 Å². The summed E-state index contributed by atoms with van der Waals surface area (Å²) in [6, 6.07) is 1.30. The predicted molar refractivity (Wildman–Crippen MR) is 59.3 cm³/mol. The van der Waals surface area contributed by atoms with E-state index in [9.17, 15) is 0 Å². The lowest BCUT2D eigenvalue weighted by Gasteiger charge is -2.26. The van der Waals surface area contributed by atoms with Crippen molar-refractivity contribution in [3.8, 4) is 0 Å². The Morgan fingerprint density at radius 3 is 2.77 bits per heavy atom. The lowest BCUT2D eigenvalue weighted by Crippen LogP contribution is -2.38. The molecule has 1 aliphatic rings. The molecule has 1 aliphatic heterocycles. The zero-order valence-electron chi connectivity index (χ0n) is 8.46. The van der Waals surface area contributed by atoms with Gasteiger partial charge in [0, 0.05) is 18.7 Å². The van der Waals surface area contributed by atoms with Gasteiger partial charge in [-0.1, -0.05) is 0 Å². The van der Waals surface area contributed by atoms with Crippen molar-refractivity contribution >= 4 is 11.8 Å². The molecular formula is C10H21NOS. The van der Waals surface area contributed by atoms with Crippen LogP contribution in [0.15, 0.2) is 0 Å². The lowest BCUT2D eigenvalue weighted by atomic mass is 10.1. The van der Waals surface area contributed by atoms with Gasteiger partial charge in [-0.15, -0.1) is 0 Å². The molecule has 0 saturated carbocycles. The highest BCUT2D eigenvalue weighted by molar-refractivity contribution is 7.99. The molecule has 3 heteroatoms. The second-order valence-electron chi connectivity index (χ2n) is 3.82. The van der Waals surface area contributed by atoms with Gasteiger partial charge in [-0.05, 0) is 44.1 Å². The first-order valence-electron chi connectivity index (χ1n) is 5.27. The maximum atomic E-state index is 8.69. The van der Waals surface area contributed by atoms with Gasteiger partial charge in [0.05, 0.1) is 0 Å². The van der Waals surface area contributed by atoms with E-state index in [4.69, 9.17) is 5.11 Å². The summed E-state index contributed by atoms with van der Waals surface area (Å²) in [4.78, 5) is 0. The number of thioether (sulfide) groups is 1. The standard InChI is InChI=1S/C10H21NOS/c1-9(3-2-6-12)11-10-4-7-13-8-5-10/h9-12H,2-8H2,1H3. The van der Waals surface area contributed by atoms with E-state index < -0.39 is 0 Å². The van der Waals surface area contributed by atoms with Gasteiger partial charge in [0.1, 0.15) is 0 Å². The molecule has 1 saturated heterocycles. The highest BCUT2D eigenvalue weighted by Gasteiger charge is 2.14. The summed E-state index contributed by atoms with van der Waals surface area (Å²) in [6.07, 6.45) is 4.65. The summed E-state index contributed by atoms with van der Waals surface area (Å²) < 4.78 is 0. The number of aliphatic hydroxyl groups is 1. The first kappa shape index (κ1) is 11.3. The third-order valence-electron chi connectivity index (χ3n) is 2.54. The molecule has 0 aliphatic carbocycles. The van der Waals surface area contributed by atoms with Crippen molar-refractivity contribution in [2.75, 3.05) is 18.1 Å². The van der Waals surface area contributed by atoms with Crippen LogP contribution in [0.3, 0.4) is 0 Å². The van der Waals surface area contributed by atoms with E-state index in [0.29, 0.717) is 12.6 Å². The molecule has 1 rings (SSSR count). The van der Waals surface area contributed by atoms with Crippen molar-refractivity contribution in [1.82, 2.24) is 5.32 Å². The fourth-order valence-electron chi connectivity index (χ4n) is 1.75. The van der Waals surface area contributed by atoms with Crippen LogP contribution in [0.1, 0.15) is 32.6 Å². The minimum Gasteiger partial charge on any atom is -0.396 e. The second kappa shape index (κ2) is 6.68. The van der Waals surface area contributed by atoms with Crippen molar-refractivity contribution in [1.29, 1.82) is 0 Å². The van der Waals surface area contributed by atoms with Crippen molar-refractivity contribution in [2.24, 2.45) is 0 Å². The summed E-state index contributed by atoms with van der Waals surface area (Å²) in [5.74, 6) is 2.62. The molecule has 0 bridgehead atoms. The molecule has 1 heterocycles. The Kier molecular flexibility index (Phi) is 5.83. The summed E-state index contributed by atoms with van der Waals surface area (Å²) in [6.45, 7) is 2.55. The van der Waals surface area contributed by atoms with Gasteiger partial charge in [-0.25, -0.2) is 0 Å². The number of nitrogens with one attached hydrogen (secondary N) is 1. The molecule has 0 amide bonds. The van der Waals surface area contributed by atoms with E-state index in [-0.39, 0.29) is 0 Å². The molecule has 2 nitrogen and oxygen atoms in total. The SMILES string of the molecule is CC(CCCO)NC1CCSCC1. The van der Waals surface area contributed by atoms with Gasteiger partial charge >= 0.3 is 0 Å². The molecule has 0 aromatic rings. The topological polar surface area (TPSA) is 32.3 Å². The Labute approximate surface area is 85.5 Å². The van der Waals surface area contributed by atoms with Crippen molar-refractivity contribution in [2.45, 2.75) is 44.7 Å². The molecular weight excluding hydrogens is 182 g/mol. The van der Waals surface area contributed by atoms with E-state index >= 15 is 0 Å². The van der Waals surface area contributed by atoms with Crippen LogP contribution in [0.2, 0.25) is 0 Å². The van der Waals surface area contributed by atoms with Crippen molar-refractivity contribution in [3.05, 3.63) is 0 Å². The Balaban J connectivity index is 2.07. The summed E-state index contributed by atoms with van der Waals surface area (Å²) in [5.41, 5.74) is 0. The maximum Gasteiger partial charge on any atom is 0.0431 e. The molecule has 0 aromatic heterocycles. The van der Waals surface area contributed by atoms with Crippen LogP contribution < -0.4 is 5.32 Å². The molecule has 1 unspecified atom stereocenters. The second-order valence-corrected chi connectivity index (χ2v) is 5.04. The highest BCUT2D eigenvalue weighted by Crippen LogP contribution is 2.17. The third kappa shape index (κ3) is 4.89. The molecule has 2 N–H and O–H groups in total. The van der Waals surface area contributed by atoms with E-state index in [1.54, 1.807) is 0 Å². The van der Waals surface area contributed by atoms with E-state index in [1.807, 2.05) is 0 Å². The Morgan fingerprint density at radius 1 is 1.46 bits per heavy atom. The van der Waals surface area contributed by atoms with Crippen LogP contribution in [0, 0.1) is 0 Å². The predicted octanol–water partition coefficient (Wildman–Crippen LogP) is 1.63. The lowest BCUT2D eigenvalue weighted by molar-refractivity contribution is 0.272. The normalized spacial score (nSPS) is 21.7. The zero-order chi connectivity index (χ0) is 9.52. The van der Waals surface area contributed by atoms with Gasteiger partial charge in [-0.2, -0.15) is 11.8 Å². The fraction of sp³-hybridized carbons (Fsp3) is 1.00. The molecule has 1 atom stereocenters. The fourth-order valence-corrected chi connectivity index (χ4v) is 2.85. The summed E-state index contributed by atoms with van der Waals surface area (Å²) in [5, 5.41) is 12.3. The monoisotopic (exact) mass is 203 g/mol. The van der Waals surface area contributed by atoms with Crippen LogP contribution in [0.4, 0.5) is 0 Å². The van der Waals surface area contributed by atoms with E-state index in [1.165, 1.54) is 24.3 Å². The van der Waals surface area contributed by atoms with Crippen LogP contribution in [0.25, 0.3) is 0 Å². The number of rotatable bonds is 5. The zero-order valence-corrected chi connectivity index (χ0v) is 9.28. The first-order valence-corrected chi connectivity index (χ1v) is 6.43. The Bertz CT molecular complexity index is 126. The quantitative estimate of drug-likeness (QED) is 0.712. The maximum absolute atomic E-state index is 8.69.